The van der Waals surface area contributed by atoms with Crippen LogP contribution in [-0.4, -0.2) is 12.9 Å². The van der Waals surface area contributed by atoms with Gasteiger partial charge in [-0.15, -0.1) is 0 Å². The van der Waals surface area contributed by atoms with Gasteiger partial charge in [0.15, 0.2) is 17.3 Å². The molecule has 0 aliphatic heterocycles. The molecule has 0 fully saturated rings. The molecule has 0 saturated carbocycles. The Balaban J connectivity index is 3.39. The van der Waals surface area contributed by atoms with E-state index in [0.29, 0.717) is 6.42 Å². The molecule has 0 aliphatic rings. The van der Waals surface area contributed by atoms with Gasteiger partial charge in [-0.05, 0) is 25.0 Å². The molecule has 0 N–H and O–H groups in total. The molecule has 1 rings (SSSR count). The first kappa shape index (κ1) is 10.7. The lowest BCUT2D eigenvalue weighted by molar-refractivity contribution is 0.101. The average molecular weight is 196 g/mol. The van der Waals surface area contributed by atoms with Crippen molar-refractivity contribution in [1.82, 2.24) is 0 Å². The normalized spacial score (nSPS) is 10.0. The van der Waals surface area contributed by atoms with Crippen molar-refractivity contribution in [3.63, 3.8) is 0 Å². The molecule has 0 spiro atoms. The van der Waals surface area contributed by atoms with E-state index < -0.39 is 5.82 Å². The predicted molar refractivity (Wildman–Crippen MR) is 52.3 cm³/mol. The van der Waals surface area contributed by atoms with E-state index in [0.717, 1.165) is 5.56 Å². The van der Waals surface area contributed by atoms with Gasteiger partial charge in [0.1, 0.15) is 0 Å². The fraction of sp³-hybridized carbons (Fsp3) is 0.364. The molecular weight excluding hydrogens is 183 g/mol. The zero-order valence-electron chi connectivity index (χ0n) is 8.56. The number of ketones is 1. The molecule has 0 amide bonds. The van der Waals surface area contributed by atoms with Gasteiger partial charge in [0.2, 0.25) is 0 Å². The fourth-order valence-electron chi connectivity index (χ4n) is 1.43. The average Bonchev–Trinajstić information content (AvgIpc) is 2.16. The third-order valence-electron chi connectivity index (χ3n) is 2.15. The second-order valence-electron chi connectivity index (χ2n) is 3.03. The van der Waals surface area contributed by atoms with Crippen molar-refractivity contribution in [2.75, 3.05) is 7.11 Å². The van der Waals surface area contributed by atoms with Gasteiger partial charge < -0.3 is 4.74 Å². The van der Waals surface area contributed by atoms with Crippen molar-refractivity contribution in [2.24, 2.45) is 0 Å². The number of carbonyl (C=O) groups excluding carboxylic acids is 1. The molecule has 0 bridgehead atoms. The highest BCUT2D eigenvalue weighted by Gasteiger charge is 2.16. The van der Waals surface area contributed by atoms with E-state index in [-0.39, 0.29) is 17.1 Å². The van der Waals surface area contributed by atoms with Crippen LogP contribution in [0.1, 0.15) is 29.8 Å². The van der Waals surface area contributed by atoms with Crippen LogP contribution in [0.15, 0.2) is 12.1 Å². The topological polar surface area (TPSA) is 26.3 Å². The summed E-state index contributed by atoms with van der Waals surface area (Å²) in [5.74, 6) is -0.704. The minimum Gasteiger partial charge on any atom is -0.494 e. The number of hydrogen-bond donors (Lipinski definition) is 0. The van der Waals surface area contributed by atoms with Crippen molar-refractivity contribution in [1.29, 1.82) is 0 Å². The number of rotatable bonds is 3. The van der Waals surface area contributed by atoms with E-state index >= 15 is 0 Å². The SMILES string of the molecule is CCc1ccc(OC)c(F)c1C(C)=O. The molecule has 0 aliphatic carbocycles. The Kier molecular flexibility index (Phi) is 3.23. The number of methoxy groups -OCH3 is 1. The maximum absolute atomic E-state index is 13.6. The predicted octanol–water partition coefficient (Wildman–Crippen LogP) is 2.60. The lowest BCUT2D eigenvalue weighted by atomic mass is 10.0. The van der Waals surface area contributed by atoms with Crippen LogP contribution in [0.5, 0.6) is 5.75 Å². The molecule has 14 heavy (non-hydrogen) atoms. The number of benzene rings is 1. The smallest absolute Gasteiger partial charge is 0.176 e. The third kappa shape index (κ3) is 1.76. The van der Waals surface area contributed by atoms with E-state index in [4.69, 9.17) is 4.74 Å². The summed E-state index contributed by atoms with van der Waals surface area (Å²) < 4.78 is 18.4. The second kappa shape index (κ2) is 4.22. The van der Waals surface area contributed by atoms with Gasteiger partial charge in [-0.2, -0.15) is 0 Å². The first-order valence-corrected chi connectivity index (χ1v) is 4.48. The maximum atomic E-state index is 13.6. The lowest BCUT2D eigenvalue weighted by Crippen LogP contribution is -2.04. The van der Waals surface area contributed by atoms with Crippen molar-refractivity contribution in [3.05, 3.63) is 29.1 Å². The van der Waals surface area contributed by atoms with Crippen LogP contribution in [0.3, 0.4) is 0 Å². The van der Waals surface area contributed by atoms with Gasteiger partial charge in [0, 0.05) is 0 Å². The zero-order chi connectivity index (χ0) is 10.7. The highest BCUT2D eigenvalue weighted by atomic mass is 19.1. The number of carbonyl (C=O) groups is 1. The van der Waals surface area contributed by atoms with E-state index in [9.17, 15) is 9.18 Å². The summed E-state index contributed by atoms with van der Waals surface area (Å²) >= 11 is 0. The quantitative estimate of drug-likeness (QED) is 0.694. The van der Waals surface area contributed by atoms with Gasteiger partial charge in [-0.1, -0.05) is 13.0 Å². The molecule has 1 aromatic rings. The summed E-state index contributed by atoms with van der Waals surface area (Å²) in [4.78, 5) is 11.2. The molecule has 76 valence electrons. The summed E-state index contributed by atoms with van der Waals surface area (Å²) in [7, 11) is 1.38. The summed E-state index contributed by atoms with van der Waals surface area (Å²) in [6.07, 6.45) is 0.635. The summed E-state index contributed by atoms with van der Waals surface area (Å²) in [5, 5.41) is 0. The minimum atomic E-state index is -0.556. The summed E-state index contributed by atoms with van der Waals surface area (Å²) in [6.45, 7) is 3.24. The number of halogens is 1. The van der Waals surface area contributed by atoms with E-state index in [2.05, 4.69) is 0 Å². The summed E-state index contributed by atoms with van der Waals surface area (Å²) in [5.41, 5.74) is 0.864. The van der Waals surface area contributed by atoms with Crippen molar-refractivity contribution < 1.29 is 13.9 Å². The standard InChI is InChI=1S/C11H13FO2/c1-4-8-5-6-9(14-3)11(12)10(8)7(2)13/h5-6H,4H2,1-3H3. The van der Waals surface area contributed by atoms with Crippen LogP contribution in [-0.2, 0) is 6.42 Å². The highest BCUT2D eigenvalue weighted by molar-refractivity contribution is 5.96. The van der Waals surface area contributed by atoms with E-state index in [1.165, 1.54) is 14.0 Å². The molecule has 0 radical (unpaired) electrons. The van der Waals surface area contributed by atoms with Gasteiger partial charge in [-0.3, -0.25) is 4.79 Å². The van der Waals surface area contributed by atoms with Gasteiger partial charge in [-0.25, -0.2) is 4.39 Å². The third-order valence-corrected chi connectivity index (χ3v) is 2.15. The molecule has 3 heteroatoms. The number of Topliss-reactive ketones (excluding diaryl/α,β-unsaturated/α-hetero) is 1. The molecule has 2 nitrogen and oxygen atoms in total. The lowest BCUT2D eigenvalue weighted by Gasteiger charge is -2.09. The Hall–Kier alpha value is -1.38. The first-order chi connectivity index (χ1) is 6.61. The highest BCUT2D eigenvalue weighted by Crippen LogP contribution is 2.24. The Bertz CT molecular complexity index is 359. The van der Waals surface area contributed by atoms with Gasteiger partial charge >= 0.3 is 0 Å². The van der Waals surface area contributed by atoms with Crippen molar-refractivity contribution in [2.45, 2.75) is 20.3 Å². The van der Waals surface area contributed by atoms with Crippen LogP contribution >= 0.6 is 0 Å². The van der Waals surface area contributed by atoms with Gasteiger partial charge in [0.25, 0.3) is 0 Å². The molecule has 0 atom stereocenters. The Morgan fingerprint density at radius 1 is 1.50 bits per heavy atom. The molecular formula is C11H13FO2. The molecule has 0 aromatic heterocycles. The zero-order valence-corrected chi connectivity index (χ0v) is 8.56. The van der Waals surface area contributed by atoms with E-state index in [1.807, 2.05) is 6.92 Å². The van der Waals surface area contributed by atoms with Crippen LogP contribution in [0, 0.1) is 5.82 Å². The molecule has 0 saturated heterocycles. The second-order valence-corrected chi connectivity index (χ2v) is 3.03. The molecule has 1 aromatic carbocycles. The van der Waals surface area contributed by atoms with Crippen molar-refractivity contribution >= 4 is 5.78 Å². The van der Waals surface area contributed by atoms with Crippen molar-refractivity contribution in [3.8, 4) is 5.75 Å². The van der Waals surface area contributed by atoms with Crippen LogP contribution < -0.4 is 4.74 Å². The first-order valence-electron chi connectivity index (χ1n) is 4.48. The number of aryl methyl sites for hydroxylation is 1. The number of hydrogen-bond acceptors (Lipinski definition) is 2. The maximum Gasteiger partial charge on any atom is 0.176 e. The van der Waals surface area contributed by atoms with Gasteiger partial charge in [0.05, 0.1) is 12.7 Å². The molecule has 0 heterocycles. The monoisotopic (exact) mass is 196 g/mol. The Morgan fingerprint density at radius 2 is 2.14 bits per heavy atom. The Labute approximate surface area is 82.7 Å². The fourth-order valence-corrected chi connectivity index (χ4v) is 1.43. The minimum absolute atomic E-state index is 0.118. The van der Waals surface area contributed by atoms with Crippen LogP contribution in [0.25, 0.3) is 0 Å². The summed E-state index contributed by atoms with van der Waals surface area (Å²) in [6, 6.07) is 3.26. The van der Waals surface area contributed by atoms with Crippen LogP contribution in [0.4, 0.5) is 4.39 Å². The number of ether oxygens (including phenoxy) is 1. The Morgan fingerprint density at radius 3 is 2.57 bits per heavy atom. The van der Waals surface area contributed by atoms with E-state index in [1.54, 1.807) is 12.1 Å². The van der Waals surface area contributed by atoms with Crippen LogP contribution in [0.2, 0.25) is 0 Å². The largest absolute Gasteiger partial charge is 0.494 e. The molecule has 0 unspecified atom stereocenters.